The van der Waals surface area contributed by atoms with Crippen molar-refractivity contribution < 1.29 is 41.8 Å². The fourth-order valence-corrected chi connectivity index (χ4v) is 1.10. The van der Waals surface area contributed by atoms with Gasteiger partial charge in [-0.1, -0.05) is 0 Å². The molecule has 0 heterocycles. The van der Waals surface area contributed by atoms with Crippen LogP contribution in [0.3, 0.4) is 0 Å². The molecular weight excluding hydrogens is 282 g/mol. The fourth-order valence-electron chi connectivity index (χ4n) is 0.634. The van der Waals surface area contributed by atoms with Gasteiger partial charge in [-0.2, -0.15) is 0 Å². The van der Waals surface area contributed by atoms with E-state index in [0.717, 1.165) is 20.4 Å². The summed E-state index contributed by atoms with van der Waals surface area (Å²) in [4.78, 5) is -0.258. The summed E-state index contributed by atoms with van der Waals surface area (Å²) in [5.74, 6) is 0. The van der Waals surface area contributed by atoms with Crippen LogP contribution >= 0.6 is 0 Å². The van der Waals surface area contributed by atoms with Gasteiger partial charge in [0.15, 0.2) is 0 Å². The molecule has 0 unspecified atom stereocenters. The molecule has 0 saturated carbocycles. The van der Waals surface area contributed by atoms with Crippen molar-refractivity contribution in [2.24, 2.45) is 0 Å². The molecule has 1 aromatic rings. The van der Waals surface area contributed by atoms with E-state index in [-0.39, 0.29) is 11.0 Å². The van der Waals surface area contributed by atoms with Crippen LogP contribution < -0.4 is 5.73 Å². The standard InChI is InChI=1S/C6H7NO3S.C3H8O.O.Ti/c7-5-1-3-6(4-2-5)11(8,9)10;1-3(2)4;;/h1-4H,7H2,(H,8,9,10);3-4H,1-2H3;;/q;;;+1/p-1. The molecule has 8 heteroatoms. The molecule has 6 nitrogen and oxygen atoms in total. The summed E-state index contributed by atoms with van der Waals surface area (Å²) in [6.45, 7) is 3.44. The molecule has 95 valence electrons. The molecule has 0 aliphatic rings. The van der Waals surface area contributed by atoms with Gasteiger partial charge in [-0.3, -0.25) is 0 Å². The van der Waals surface area contributed by atoms with E-state index in [9.17, 15) is 13.0 Å². The van der Waals surface area contributed by atoms with Crippen LogP contribution in [0.5, 0.6) is 0 Å². The van der Waals surface area contributed by atoms with Crippen molar-refractivity contribution in [3.05, 3.63) is 24.3 Å². The zero-order valence-electron chi connectivity index (χ0n) is 9.45. The maximum absolute atomic E-state index is 10.3. The van der Waals surface area contributed by atoms with Crippen molar-refractivity contribution >= 4 is 15.8 Å². The minimum absolute atomic E-state index is 0.167. The van der Waals surface area contributed by atoms with Crippen LogP contribution in [0.15, 0.2) is 29.2 Å². The predicted octanol–water partition coefficient (Wildman–Crippen LogP) is 0.439. The molecule has 0 aliphatic heterocycles. The minimum atomic E-state index is -4.33. The second-order valence-electron chi connectivity index (χ2n) is 3.12. The summed E-state index contributed by atoms with van der Waals surface area (Å²) < 4.78 is 39.3. The number of nitrogens with two attached hydrogens (primary N) is 1. The van der Waals surface area contributed by atoms with Crippen molar-refractivity contribution in [3.8, 4) is 0 Å². The van der Waals surface area contributed by atoms with Gasteiger partial charge < -0.3 is 15.4 Å². The molecule has 3 N–H and O–H groups in total. The van der Waals surface area contributed by atoms with E-state index in [2.05, 4.69) is 0 Å². The number of aliphatic hydroxyl groups excluding tert-OH is 1. The van der Waals surface area contributed by atoms with Crippen molar-refractivity contribution in [2.45, 2.75) is 24.8 Å². The zero-order chi connectivity index (χ0) is 14.1. The molecule has 0 fully saturated rings. The molecule has 17 heavy (non-hydrogen) atoms. The van der Waals surface area contributed by atoms with Gasteiger partial charge in [0.05, 0.1) is 4.90 Å². The van der Waals surface area contributed by atoms with Gasteiger partial charge in [-0.25, -0.2) is 8.42 Å². The molecule has 0 saturated heterocycles. The Morgan fingerprint density at radius 1 is 1.24 bits per heavy atom. The van der Waals surface area contributed by atoms with Gasteiger partial charge in [0.2, 0.25) is 0 Å². The van der Waals surface area contributed by atoms with Gasteiger partial charge >= 0.3 is 23.7 Å². The van der Waals surface area contributed by atoms with E-state index in [1.165, 1.54) is 24.3 Å². The number of benzene rings is 1. The van der Waals surface area contributed by atoms with E-state index in [1.807, 2.05) is 0 Å². The Kier molecular flexibility index (Phi) is 10.4. The Morgan fingerprint density at radius 2 is 1.53 bits per heavy atom. The second-order valence-corrected chi connectivity index (χ2v) is 4.50. The summed E-state index contributed by atoms with van der Waals surface area (Å²) in [6.07, 6.45) is -0.167. The molecule has 0 aromatic heterocycles. The fraction of sp³-hybridized carbons (Fsp3) is 0.333. The topological polar surface area (TPSA) is 121 Å². The van der Waals surface area contributed by atoms with Crippen LogP contribution in [0.25, 0.3) is 0 Å². The van der Waals surface area contributed by atoms with Gasteiger partial charge in [0.25, 0.3) is 0 Å². The summed E-state index contributed by atoms with van der Waals surface area (Å²) in [7, 11) is -4.33. The molecule has 1 rings (SSSR count). The Bertz CT molecular complexity index is 401. The number of anilines is 1. The van der Waals surface area contributed by atoms with Crippen LogP contribution in [0, 0.1) is 0 Å². The Labute approximate surface area is 112 Å². The third-order valence-corrected chi connectivity index (χ3v) is 2.02. The van der Waals surface area contributed by atoms with E-state index >= 15 is 0 Å². The first-order valence-electron chi connectivity index (χ1n) is 4.43. The summed E-state index contributed by atoms with van der Waals surface area (Å²) in [5.41, 5.74) is 5.70. The van der Waals surface area contributed by atoms with Crippen molar-refractivity contribution in [1.82, 2.24) is 0 Å². The van der Waals surface area contributed by atoms with Crippen LogP contribution in [0.4, 0.5) is 5.69 Å². The van der Waals surface area contributed by atoms with Crippen LogP contribution in [0.1, 0.15) is 13.8 Å². The van der Waals surface area contributed by atoms with E-state index in [0.29, 0.717) is 5.69 Å². The monoisotopic (exact) mass is 296 g/mol. The average Bonchev–Trinajstić information content (AvgIpc) is 2.19. The first-order valence-corrected chi connectivity index (χ1v) is 6.48. The number of aliphatic hydroxyl groups is 1. The van der Waals surface area contributed by atoms with Gasteiger partial charge in [0, 0.05) is 11.8 Å². The average molecular weight is 296 g/mol. The van der Waals surface area contributed by atoms with Crippen LogP contribution in [0.2, 0.25) is 0 Å². The first kappa shape index (κ1) is 18.8. The summed E-state index contributed by atoms with van der Waals surface area (Å²) in [5, 5.41) is 8.06. The third-order valence-electron chi connectivity index (χ3n) is 1.17. The second kappa shape index (κ2) is 9.44. The summed E-state index contributed by atoms with van der Waals surface area (Å²) in [6, 6.07) is 5.09. The predicted molar refractivity (Wildman–Crippen MR) is 56.9 cm³/mol. The van der Waals surface area contributed by atoms with Gasteiger partial charge in [0.1, 0.15) is 10.1 Å². The van der Waals surface area contributed by atoms with E-state index in [4.69, 9.17) is 14.2 Å². The number of rotatable bonds is 1. The number of nitrogen functional groups attached to an aromatic ring is 1. The third kappa shape index (κ3) is 11.7. The Hall–Kier alpha value is -0.596. The van der Waals surface area contributed by atoms with E-state index in [1.54, 1.807) is 13.8 Å². The van der Waals surface area contributed by atoms with E-state index < -0.39 is 10.1 Å². The molecule has 0 bridgehead atoms. The molecule has 1 aromatic carbocycles. The molecule has 0 amide bonds. The molecule has 0 atom stereocenters. The number of hydrogen-bond donors (Lipinski definition) is 2. The van der Waals surface area contributed by atoms with Gasteiger partial charge in [-0.15, -0.1) is 0 Å². The molecule has 0 aliphatic carbocycles. The van der Waals surface area contributed by atoms with Crippen molar-refractivity contribution in [3.63, 3.8) is 0 Å². The quantitative estimate of drug-likeness (QED) is 0.440. The number of hydrogen-bond acceptors (Lipinski definition) is 6. The first-order chi connectivity index (χ1) is 7.73. The summed E-state index contributed by atoms with van der Waals surface area (Å²) >= 11 is 0.750. The van der Waals surface area contributed by atoms with Crippen LogP contribution in [-0.4, -0.2) is 24.2 Å². The normalized spacial score (nSPS) is 9.82. The van der Waals surface area contributed by atoms with Gasteiger partial charge in [-0.05, 0) is 38.1 Å². The molecule has 0 radical (unpaired) electrons. The molecular formula is C9H14NO5STi. The SMILES string of the molecule is CC(C)O.Nc1ccc(S(=O)(=O)[O-])cc1.[O]=[Ti+]. The Balaban J connectivity index is 0. The van der Waals surface area contributed by atoms with Crippen molar-refractivity contribution in [2.75, 3.05) is 5.73 Å². The zero-order valence-corrected chi connectivity index (χ0v) is 11.8. The van der Waals surface area contributed by atoms with Crippen LogP contribution in [-0.2, 0) is 33.8 Å². The molecule has 0 spiro atoms. The maximum atomic E-state index is 10.3. The Morgan fingerprint density at radius 3 is 1.76 bits per heavy atom. The van der Waals surface area contributed by atoms with Crippen molar-refractivity contribution in [1.29, 1.82) is 0 Å².